The molecule has 1 fully saturated rings. The maximum absolute atomic E-state index is 13.1. The minimum Gasteiger partial charge on any atom is -0.394 e. The molecule has 13 heteroatoms. The quantitative estimate of drug-likeness (QED) is 0.147. The van der Waals surface area contributed by atoms with Crippen molar-refractivity contribution in [1.82, 2.24) is 9.55 Å². The summed E-state index contributed by atoms with van der Waals surface area (Å²) in [5.74, 6) is 0. The van der Waals surface area contributed by atoms with Gasteiger partial charge in [-0.15, -0.1) is 0 Å². The summed E-state index contributed by atoms with van der Waals surface area (Å²) in [5, 5.41) is 33.9. The zero-order valence-electron chi connectivity index (χ0n) is 27.2. The van der Waals surface area contributed by atoms with Crippen molar-refractivity contribution in [3.63, 3.8) is 0 Å². The Bertz CT molecular complexity index is 1440. The molecule has 4 atom stereocenters. The third-order valence-corrected chi connectivity index (χ3v) is 22.5. The van der Waals surface area contributed by atoms with Gasteiger partial charge in [0.05, 0.1) is 50.8 Å². The van der Waals surface area contributed by atoms with E-state index in [1.807, 2.05) is 0 Å². The van der Waals surface area contributed by atoms with E-state index in [0.29, 0.717) is 5.56 Å². The molecule has 2 heterocycles. The summed E-state index contributed by atoms with van der Waals surface area (Å²) in [7, 11) is -5.05. The summed E-state index contributed by atoms with van der Waals surface area (Å²) in [6.07, 6.45) is -0.0844. The van der Waals surface area contributed by atoms with Crippen LogP contribution in [0.5, 0.6) is 0 Å². The van der Waals surface area contributed by atoms with Crippen molar-refractivity contribution in [2.45, 2.75) is 121 Å². The highest BCUT2D eigenvalue weighted by Crippen LogP contribution is 2.54. The number of hydrogen-bond donors (Lipinski definition) is 3. The second-order valence-corrected chi connectivity index (χ2v) is 26.1. The first kappa shape index (κ1) is 35.1. The molecule has 1 aromatic heterocycles. The number of aliphatic hydroxyl groups excluding tert-OH is 1. The maximum Gasteiger partial charge on any atom is 0.330 e. The largest absolute Gasteiger partial charge is 0.394 e. The number of aromatic amines is 1. The summed E-state index contributed by atoms with van der Waals surface area (Å²) < 4.78 is 13.5. The van der Waals surface area contributed by atoms with Crippen LogP contribution in [-0.4, -0.2) is 64.5 Å². The SMILES string of the molecule is CC(C)(C)[Si](C)(C)C(O)[C@H]1O[C@@H](n2cc(COCCc3ccccc3[N+](=O)[O-])c(=O)[nH]c2=O)C[C@@]1(O)[Si](C)(C)C(C)(C)C. The van der Waals surface area contributed by atoms with Crippen LogP contribution in [0.2, 0.25) is 36.3 Å². The van der Waals surface area contributed by atoms with Crippen molar-refractivity contribution in [2.24, 2.45) is 0 Å². The van der Waals surface area contributed by atoms with Gasteiger partial charge in [-0.05, 0) is 10.1 Å². The van der Waals surface area contributed by atoms with Gasteiger partial charge in [0.15, 0.2) is 0 Å². The Labute approximate surface area is 255 Å². The molecule has 0 saturated carbocycles. The van der Waals surface area contributed by atoms with Crippen LogP contribution in [0.15, 0.2) is 40.1 Å². The van der Waals surface area contributed by atoms with Crippen molar-refractivity contribution in [3.05, 3.63) is 72.5 Å². The zero-order valence-corrected chi connectivity index (χ0v) is 29.2. The van der Waals surface area contributed by atoms with Gasteiger partial charge in [0.1, 0.15) is 12.3 Å². The van der Waals surface area contributed by atoms with E-state index in [0.717, 1.165) is 0 Å². The molecule has 1 aliphatic heterocycles. The fourth-order valence-electron chi connectivity index (χ4n) is 5.40. The van der Waals surface area contributed by atoms with Gasteiger partial charge in [-0.2, -0.15) is 0 Å². The Morgan fingerprint density at radius 1 is 1.12 bits per heavy atom. The van der Waals surface area contributed by atoms with Gasteiger partial charge in [-0.1, -0.05) is 85.9 Å². The molecular weight excluding hydrogens is 587 g/mol. The molecule has 1 aromatic carbocycles. The second-order valence-electron chi connectivity index (χ2n) is 14.9. The first-order valence-corrected chi connectivity index (χ1v) is 20.8. The zero-order chi connectivity index (χ0) is 32.8. The summed E-state index contributed by atoms with van der Waals surface area (Å²) in [4.78, 5) is 39.0. The van der Waals surface area contributed by atoms with Gasteiger partial charge in [0.25, 0.3) is 11.2 Å². The number of nitrogens with zero attached hydrogens (tertiary/aromatic N) is 2. The third-order valence-electron chi connectivity index (χ3n) is 10.5. The predicted octanol–water partition coefficient (Wildman–Crippen LogP) is 4.68. The van der Waals surface area contributed by atoms with Gasteiger partial charge in [-0.25, -0.2) is 4.79 Å². The van der Waals surface area contributed by atoms with Gasteiger partial charge in [0.2, 0.25) is 0 Å². The minimum atomic E-state index is -2.61. The lowest BCUT2D eigenvalue weighted by atomic mass is 10.1. The average Bonchev–Trinajstić information content (AvgIpc) is 3.24. The molecule has 240 valence electrons. The highest BCUT2D eigenvalue weighted by molar-refractivity contribution is 6.84. The number of nitro benzene ring substituents is 1. The number of H-pyrrole nitrogens is 1. The van der Waals surface area contributed by atoms with Crippen LogP contribution in [0.4, 0.5) is 5.69 Å². The lowest BCUT2D eigenvalue weighted by Crippen LogP contribution is -2.69. The Morgan fingerprint density at radius 3 is 2.28 bits per heavy atom. The standard InChI is InChI=1S/C30H49N3O8Si2/c1-28(2,3)42(7,8)26(35)24-30(37,43(9,10)29(4,5)6)17-23(41-24)32-18-21(25(34)31-27(32)36)19-40-16-15-20-13-11-12-14-22(20)33(38)39/h11-14,18,23-24,26,35,37H,15-17,19H2,1-10H3,(H,31,34,36)/t23-,24-,26?,30-/m1/s1. The van der Waals surface area contributed by atoms with Crippen LogP contribution >= 0.6 is 0 Å². The maximum atomic E-state index is 13.1. The number of nitro groups is 1. The molecule has 2 aromatic rings. The van der Waals surface area contributed by atoms with E-state index in [-0.39, 0.29) is 47.4 Å². The van der Waals surface area contributed by atoms with E-state index in [4.69, 9.17) is 9.47 Å². The van der Waals surface area contributed by atoms with Crippen molar-refractivity contribution >= 4 is 21.8 Å². The molecule has 3 N–H and O–H groups in total. The molecule has 1 unspecified atom stereocenters. The first-order valence-electron chi connectivity index (χ1n) is 14.8. The lowest BCUT2D eigenvalue weighted by molar-refractivity contribution is -0.385. The number of aromatic nitrogens is 2. The monoisotopic (exact) mass is 635 g/mol. The number of rotatable bonds is 10. The topological polar surface area (TPSA) is 157 Å². The number of benzene rings is 1. The van der Waals surface area contributed by atoms with Gasteiger partial charge in [0, 0.05) is 30.7 Å². The normalized spacial score (nSPS) is 22.5. The molecular formula is C30H49N3O8Si2. The Hall–Kier alpha value is -2.43. The fourth-order valence-corrected chi connectivity index (χ4v) is 10.5. The molecule has 0 spiro atoms. The van der Waals surface area contributed by atoms with Gasteiger partial charge >= 0.3 is 5.69 Å². The second kappa shape index (κ2) is 12.2. The van der Waals surface area contributed by atoms with Crippen LogP contribution < -0.4 is 11.2 Å². The van der Waals surface area contributed by atoms with E-state index < -0.39 is 55.6 Å². The highest BCUT2D eigenvalue weighted by atomic mass is 28.3. The summed E-state index contributed by atoms with van der Waals surface area (Å²) in [6, 6.07) is 6.39. The number of aliphatic hydroxyl groups is 2. The molecule has 0 aliphatic carbocycles. The van der Waals surface area contributed by atoms with Gasteiger partial charge < -0.3 is 19.7 Å². The summed E-state index contributed by atoms with van der Waals surface area (Å²) in [5.41, 5.74) is -1.52. The van der Waals surface area contributed by atoms with Crippen LogP contribution in [0.25, 0.3) is 0 Å². The van der Waals surface area contributed by atoms with Crippen LogP contribution in [-0.2, 0) is 22.5 Å². The Morgan fingerprint density at radius 2 is 1.72 bits per heavy atom. The Balaban J connectivity index is 1.93. The van der Waals surface area contributed by atoms with Gasteiger partial charge in [-0.3, -0.25) is 24.5 Å². The molecule has 1 saturated heterocycles. The van der Waals surface area contributed by atoms with Crippen LogP contribution in [0.3, 0.4) is 0 Å². The van der Waals surface area contributed by atoms with Crippen LogP contribution in [0.1, 0.15) is 65.3 Å². The summed E-state index contributed by atoms with van der Waals surface area (Å²) in [6.45, 7) is 20.9. The highest BCUT2D eigenvalue weighted by Gasteiger charge is 2.65. The number of hydrogen-bond acceptors (Lipinski definition) is 8. The van der Waals surface area contributed by atoms with Crippen molar-refractivity contribution in [3.8, 4) is 0 Å². The van der Waals surface area contributed by atoms with E-state index in [9.17, 15) is 29.9 Å². The number of nitrogens with one attached hydrogen (secondary N) is 1. The molecule has 43 heavy (non-hydrogen) atoms. The first-order chi connectivity index (χ1) is 19.6. The van der Waals surface area contributed by atoms with Crippen molar-refractivity contribution < 1.29 is 24.6 Å². The number of para-hydroxylation sites is 1. The molecule has 3 rings (SSSR count). The molecule has 0 amide bonds. The van der Waals surface area contributed by atoms with E-state index in [1.54, 1.807) is 18.2 Å². The van der Waals surface area contributed by atoms with Crippen LogP contribution in [0, 0.1) is 10.1 Å². The number of ether oxygens (including phenoxy) is 2. The Kier molecular flexibility index (Phi) is 9.92. The van der Waals surface area contributed by atoms with E-state index in [2.05, 4.69) is 72.7 Å². The van der Waals surface area contributed by atoms with Crippen molar-refractivity contribution in [1.29, 1.82) is 0 Å². The van der Waals surface area contributed by atoms with Crippen molar-refractivity contribution in [2.75, 3.05) is 6.61 Å². The molecule has 11 nitrogen and oxygen atoms in total. The molecule has 1 aliphatic rings. The summed E-state index contributed by atoms with van der Waals surface area (Å²) >= 11 is 0. The average molecular weight is 636 g/mol. The predicted molar refractivity (Wildman–Crippen MR) is 172 cm³/mol. The smallest absolute Gasteiger partial charge is 0.330 e. The molecule has 0 radical (unpaired) electrons. The lowest BCUT2D eigenvalue weighted by Gasteiger charge is -2.52. The van der Waals surface area contributed by atoms with E-state index in [1.165, 1.54) is 16.8 Å². The molecule has 0 bridgehead atoms. The minimum absolute atomic E-state index is 0.000428. The fraction of sp³-hybridized carbons (Fsp3) is 0.667. The third kappa shape index (κ3) is 6.66. The van der Waals surface area contributed by atoms with E-state index >= 15 is 0 Å².